The van der Waals surface area contributed by atoms with Crippen LogP contribution >= 0.6 is 58.2 Å². The molecular weight excluding hydrogens is 1330 g/mol. The number of nitrogens with zero attached hydrogens (tertiary/aromatic N) is 2. The van der Waals surface area contributed by atoms with Crippen LogP contribution in [0.4, 0.5) is 0 Å². The van der Waals surface area contributed by atoms with Gasteiger partial charge in [0.2, 0.25) is 5.71 Å². The molecule has 0 fully saturated rings. The molecule has 6 nitrogen and oxygen atoms in total. The van der Waals surface area contributed by atoms with Gasteiger partial charge in [0.25, 0.3) is 0 Å². The lowest BCUT2D eigenvalue weighted by Crippen LogP contribution is -2.47. The number of thiophene rings is 4. The lowest BCUT2D eigenvalue weighted by molar-refractivity contribution is -0.109. The molecule has 4 aromatic carbocycles. The summed E-state index contributed by atoms with van der Waals surface area (Å²) in [4.78, 5) is 32.3. The zero-order valence-electron chi connectivity index (χ0n) is 59.6. The molecule has 514 valence electrons. The number of fused-ring (bicyclic) bond motifs is 9. The lowest BCUT2D eigenvalue weighted by atomic mass is 9.66. The van der Waals surface area contributed by atoms with E-state index in [-0.39, 0.29) is 5.71 Å². The summed E-state index contributed by atoms with van der Waals surface area (Å²) in [5.41, 5.74) is 23.5. The van der Waals surface area contributed by atoms with Crippen LogP contribution in [0.3, 0.4) is 0 Å². The van der Waals surface area contributed by atoms with Crippen molar-refractivity contribution in [1.82, 2.24) is 0 Å². The maximum atomic E-state index is 12.6. The topological polar surface area (TPSA) is 108 Å². The highest BCUT2D eigenvalue weighted by Crippen LogP contribution is 2.71. The van der Waals surface area contributed by atoms with Gasteiger partial charge in [-0.25, -0.2) is 4.40 Å². The monoisotopic (exact) mass is 1420 g/mol. The Hall–Kier alpha value is -6.38. The first-order valence-corrected chi connectivity index (χ1v) is 41.2. The van der Waals surface area contributed by atoms with Crippen LogP contribution in [-0.4, -0.2) is 35.4 Å². The molecule has 0 aliphatic heterocycles. The highest BCUT2D eigenvalue weighted by Gasteiger charge is 2.56. The van der Waals surface area contributed by atoms with Crippen LogP contribution in [0.1, 0.15) is 262 Å². The van der Waals surface area contributed by atoms with Crippen LogP contribution in [0.5, 0.6) is 0 Å². The molecule has 4 aliphatic rings. The Morgan fingerprint density at radius 2 is 0.778 bits per heavy atom. The number of hydrogen-bond donors (Lipinski definition) is 3. The van der Waals surface area contributed by atoms with E-state index >= 15 is 0 Å². The fourth-order valence-electron chi connectivity index (χ4n) is 16.5. The lowest BCUT2D eigenvalue weighted by Gasteiger charge is -2.35. The molecule has 0 saturated heterocycles. The molecule has 3 N–H and O–H groups in total. The second-order valence-electron chi connectivity index (χ2n) is 28.5. The molecule has 99 heavy (non-hydrogen) atoms. The molecule has 4 aliphatic carbocycles. The largest absolute Gasteiger partial charge is 0.298 e. The first-order chi connectivity index (χ1) is 48.2. The van der Waals surface area contributed by atoms with Gasteiger partial charge in [-0.2, -0.15) is 0 Å². The Balaban J connectivity index is 1.24. The van der Waals surface area contributed by atoms with Crippen LogP contribution in [0, 0.1) is 26.2 Å². The van der Waals surface area contributed by atoms with Crippen molar-refractivity contribution in [2.24, 2.45) is 8.80 Å². The van der Waals surface area contributed by atoms with Crippen molar-refractivity contribution in [3.05, 3.63) is 219 Å². The average Bonchev–Trinajstić information content (AvgIpc) is 1.49. The molecule has 4 heterocycles. The van der Waals surface area contributed by atoms with Crippen molar-refractivity contribution < 1.29 is 15.0 Å². The molecule has 0 saturated carbocycles. The summed E-state index contributed by atoms with van der Waals surface area (Å²) in [6, 6.07) is 35.4. The van der Waals surface area contributed by atoms with Crippen LogP contribution in [0.2, 0.25) is 0 Å². The first-order valence-electron chi connectivity index (χ1n) is 37.0. The summed E-state index contributed by atoms with van der Waals surface area (Å²) in [7, 11) is 0. The predicted molar refractivity (Wildman–Crippen MR) is 436 cm³/mol. The molecule has 1 atom stereocenters. The number of carbonyl (C=O) groups is 2. The number of carbonyl (C=O) groups excluding carboxylic acids is 2. The van der Waals surface area contributed by atoms with Gasteiger partial charge in [0.1, 0.15) is 5.71 Å². The number of nitrogens with one attached hydrogen (secondary N) is 1. The van der Waals surface area contributed by atoms with Crippen molar-refractivity contribution in [3.8, 4) is 19.5 Å². The van der Waals surface area contributed by atoms with Crippen LogP contribution in [0.25, 0.3) is 40.1 Å². The van der Waals surface area contributed by atoms with Gasteiger partial charge in [-0.05, 0) is 189 Å². The highest BCUT2D eigenvalue weighted by atomic mass is 32.1. The number of nitrogens with two attached hydrogens (primary N) is 1. The van der Waals surface area contributed by atoms with Crippen molar-refractivity contribution in [2.75, 3.05) is 0 Å². The normalized spacial score (nSPS) is 16.9. The van der Waals surface area contributed by atoms with Gasteiger partial charge in [-0.3, -0.25) is 20.4 Å². The quantitative estimate of drug-likeness (QED) is 0.0125. The smallest absolute Gasteiger partial charge is 0.232 e. The number of aldehydes is 2. The number of rotatable bonds is 33. The fraction of sp³-hybridized carbons (Fsp3) is 0.402. The number of allylic oxidation sites excluding steroid dienone is 8. The van der Waals surface area contributed by atoms with Gasteiger partial charge in [0.05, 0.1) is 63.8 Å². The van der Waals surface area contributed by atoms with Gasteiger partial charge in [-0.15, -0.1) is 45.3 Å². The Labute approximate surface area is 616 Å². The maximum absolute atomic E-state index is 12.6. The SMILES string of the molecule is CCCCCCc1cc(C)cc(C2(c3cc(CCCCCC)cc(CCCCCC)c3)c3cc(C4=CC=C(C=O)C(=N[SH2+])C4=N)sc3-c3sc4c5c(sc4c32)-c2sc(C3=CC=C(C=O)C(=NS)C3=[NH2+])cc2C5(c2cc(C)cc(CCCCCC)c2)c2cc(C)cc(CCCCCC)c2)c1. The van der Waals surface area contributed by atoms with E-state index in [0.29, 0.717) is 28.3 Å². The van der Waals surface area contributed by atoms with E-state index in [1.54, 1.807) is 11.3 Å². The molecule has 0 radical (unpaired) electrons. The van der Waals surface area contributed by atoms with E-state index in [9.17, 15) is 15.0 Å². The predicted octanol–water partition coefficient (Wildman–Crippen LogP) is 22.3. The van der Waals surface area contributed by atoms with Crippen LogP contribution in [-0.2, 0) is 65.3 Å². The molecule has 0 bridgehead atoms. The Bertz CT molecular complexity index is 4510. The number of benzene rings is 4. The van der Waals surface area contributed by atoms with Crippen LogP contribution in [0.15, 0.2) is 129 Å². The Morgan fingerprint density at radius 3 is 1.13 bits per heavy atom. The minimum Gasteiger partial charge on any atom is -0.298 e. The minimum absolute atomic E-state index is 0.234. The molecule has 0 spiro atoms. The zero-order valence-corrected chi connectivity index (χ0v) is 64.8. The van der Waals surface area contributed by atoms with Crippen molar-refractivity contribution in [2.45, 2.75) is 227 Å². The molecule has 8 aromatic rings. The van der Waals surface area contributed by atoms with Crippen molar-refractivity contribution in [3.63, 3.8) is 0 Å². The summed E-state index contributed by atoms with van der Waals surface area (Å²) in [6.07, 6.45) is 38.0. The van der Waals surface area contributed by atoms with E-state index in [0.717, 1.165) is 97.7 Å². The van der Waals surface area contributed by atoms with E-state index in [1.807, 2.05) is 58.3 Å². The summed E-state index contributed by atoms with van der Waals surface area (Å²) in [5.74, 6) is 0. The zero-order chi connectivity index (χ0) is 69.5. The second-order valence-corrected chi connectivity index (χ2v) is 33.1. The van der Waals surface area contributed by atoms with E-state index < -0.39 is 10.8 Å². The Kier molecular flexibility index (Phi) is 23.6. The van der Waals surface area contributed by atoms with E-state index in [1.165, 1.54) is 214 Å². The molecule has 1 unspecified atom stereocenters. The third-order valence-electron chi connectivity index (χ3n) is 21.2. The summed E-state index contributed by atoms with van der Waals surface area (Å²) in [6.45, 7) is 18.5. The van der Waals surface area contributed by atoms with Crippen molar-refractivity contribution >= 4 is 127 Å². The number of thiol groups is 1. The fourth-order valence-corrected chi connectivity index (χ4v) is 22.8. The van der Waals surface area contributed by atoms with E-state index in [2.05, 4.69) is 175 Å². The summed E-state index contributed by atoms with van der Waals surface area (Å²) >= 11 is 15.5. The highest BCUT2D eigenvalue weighted by molar-refractivity contribution is 7.79. The standard InChI is InChI=1S/C87H98N4O2S6/c1-9-14-19-24-29-57-38-54(6)41-64(45-57)86(65-42-55(7)39-58(46-65)30-25-20-15-10-2)70-50-72(68-36-34-62(52-92)78(90-94)76(68)88)96-80(70)82-74(86)84-85(98-82)75-83(99-84)81-71(51-73(97-81)69-37-35-63(53-93)79(91-95)77(69)89)87(75,66-43-56(8)40-59(47-66)31-26-21-16-11-3)67-48-60(32-27-22-17-12-4)44-61(49-67)33-28-23-18-13-5/h34-53,88-89,94-95H,9-33H2,1-8H3/p+2. The minimum atomic E-state index is -0.789. The van der Waals surface area contributed by atoms with Gasteiger partial charge in [0, 0.05) is 37.6 Å². The summed E-state index contributed by atoms with van der Waals surface area (Å²) in [5, 5.41) is 17.1. The Morgan fingerprint density at radius 1 is 0.434 bits per heavy atom. The van der Waals surface area contributed by atoms with Gasteiger partial charge in [-0.1, -0.05) is 231 Å². The molecule has 12 heteroatoms. The summed E-state index contributed by atoms with van der Waals surface area (Å²) < 4.78 is 11.4. The third-order valence-corrected chi connectivity index (χ3v) is 26.8. The second kappa shape index (κ2) is 32.3. The maximum Gasteiger partial charge on any atom is 0.232 e. The third kappa shape index (κ3) is 14.0. The number of unbranched alkanes of at least 4 members (excludes halogenated alkanes) is 15. The van der Waals surface area contributed by atoms with Crippen LogP contribution < -0.4 is 5.41 Å². The van der Waals surface area contributed by atoms with Gasteiger partial charge in [0.15, 0.2) is 18.3 Å². The first kappa shape index (κ1) is 72.4. The van der Waals surface area contributed by atoms with Gasteiger partial charge < -0.3 is 0 Å². The average molecular weight is 1430 g/mol. The van der Waals surface area contributed by atoms with Gasteiger partial charge >= 0.3 is 0 Å². The molecule has 0 amide bonds. The number of aryl methyl sites for hydroxylation is 8. The van der Waals surface area contributed by atoms with Crippen molar-refractivity contribution in [1.29, 1.82) is 5.41 Å². The number of hydrogen-bond acceptors (Lipinski definition) is 10. The molecular formula is C87H100N4O2S6+2. The molecule has 12 rings (SSSR count). The van der Waals surface area contributed by atoms with E-state index in [4.69, 9.17) is 5.41 Å². The molecule has 4 aromatic heterocycles.